The van der Waals surface area contributed by atoms with Crippen molar-refractivity contribution in [2.45, 2.75) is 259 Å². The van der Waals surface area contributed by atoms with Gasteiger partial charge in [-0.2, -0.15) is 0 Å². The smallest absolute Gasteiger partial charge is 0.306 e. The quantitative estimate of drug-likeness (QED) is 0.0353. The van der Waals surface area contributed by atoms with E-state index in [2.05, 4.69) is 27.7 Å². The van der Waals surface area contributed by atoms with Crippen molar-refractivity contribution in [3.63, 3.8) is 0 Å². The zero-order chi connectivity index (χ0) is 38.2. The predicted octanol–water partition coefficient (Wildman–Crippen LogP) is 14.3. The van der Waals surface area contributed by atoms with Crippen LogP contribution in [0.25, 0.3) is 0 Å². The van der Waals surface area contributed by atoms with Crippen LogP contribution in [0.1, 0.15) is 252 Å². The third-order valence-corrected chi connectivity index (χ3v) is 10.3. The summed E-state index contributed by atoms with van der Waals surface area (Å²) in [7, 11) is 0. The van der Waals surface area contributed by atoms with Crippen LogP contribution >= 0.6 is 0 Å². The van der Waals surface area contributed by atoms with Gasteiger partial charge in [-0.3, -0.25) is 14.4 Å². The lowest BCUT2D eigenvalue weighted by Crippen LogP contribution is -2.30. The number of carbonyl (C=O) groups is 3. The Balaban J connectivity index is 4.16. The molecule has 0 unspecified atom stereocenters. The molecule has 0 fully saturated rings. The van der Waals surface area contributed by atoms with Crippen molar-refractivity contribution in [1.82, 2.24) is 0 Å². The van der Waals surface area contributed by atoms with Crippen molar-refractivity contribution in [3.05, 3.63) is 0 Å². The first-order chi connectivity index (χ1) is 25.4. The summed E-state index contributed by atoms with van der Waals surface area (Å²) in [5.74, 6) is -0.0238. The number of hydrogen-bond acceptors (Lipinski definition) is 6. The van der Waals surface area contributed by atoms with Crippen molar-refractivity contribution in [2.75, 3.05) is 13.2 Å². The molecule has 0 aliphatic rings. The summed E-state index contributed by atoms with van der Waals surface area (Å²) < 4.78 is 16.6. The molecule has 6 heteroatoms. The summed E-state index contributed by atoms with van der Waals surface area (Å²) in [6.07, 6.45) is 39.7. The normalized spacial score (nSPS) is 11.9. The first-order valence-electron chi connectivity index (χ1n) is 22.9. The van der Waals surface area contributed by atoms with Crippen molar-refractivity contribution in [2.24, 2.45) is 5.92 Å². The Morgan fingerprint density at radius 3 is 0.942 bits per heavy atom. The van der Waals surface area contributed by atoms with Crippen LogP contribution in [-0.2, 0) is 28.6 Å². The van der Waals surface area contributed by atoms with Crippen molar-refractivity contribution in [3.8, 4) is 0 Å². The second kappa shape index (κ2) is 40.6. The highest BCUT2D eigenvalue weighted by atomic mass is 16.6. The van der Waals surface area contributed by atoms with Gasteiger partial charge in [-0.25, -0.2) is 0 Å². The summed E-state index contributed by atoms with van der Waals surface area (Å²) in [5.41, 5.74) is 0. The van der Waals surface area contributed by atoms with Crippen LogP contribution in [0.5, 0.6) is 0 Å². The molecule has 0 spiro atoms. The zero-order valence-corrected chi connectivity index (χ0v) is 35.3. The van der Waals surface area contributed by atoms with Crippen LogP contribution < -0.4 is 0 Å². The third kappa shape index (κ3) is 39.6. The van der Waals surface area contributed by atoms with E-state index in [-0.39, 0.29) is 31.1 Å². The predicted molar refractivity (Wildman–Crippen MR) is 220 cm³/mol. The Hall–Kier alpha value is -1.59. The fourth-order valence-electron chi connectivity index (χ4n) is 6.80. The summed E-state index contributed by atoms with van der Waals surface area (Å²) in [6, 6.07) is 0. The molecule has 0 amide bonds. The third-order valence-electron chi connectivity index (χ3n) is 10.3. The van der Waals surface area contributed by atoms with Gasteiger partial charge < -0.3 is 14.2 Å². The molecule has 0 radical (unpaired) electrons. The van der Waals surface area contributed by atoms with Gasteiger partial charge >= 0.3 is 17.9 Å². The summed E-state index contributed by atoms with van der Waals surface area (Å²) in [6.45, 7) is 8.93. The topological polar surface area (TPSA) is 78.9 Å². The molecule has 308 valence electrons. The largest absolute Gasteiger partial charge is 0.462 e. The second-order valence-electron chi connectivity index (χ2n) is 16.2. The maximum absolute atomic E-state index is 12.7. The van der Waals surface area contributed by atoms with E-state index in [1.165, 1.54) is 141 Å². The van der Waals surface area contributed by atoms with E-state index < -0.39 is 6.10 Å². The highest BCUT2D eigenvalue weighted by molar-refractivity contribution is 5.71. The fourth-order valence-corrected chi connectivity index (χ4v) is 6.80. The molecule has 0 aromatic rings. The van der Waals surface area contributed by atoms with Gasteiger partial charge in [0.2, 0.25) is 0 Å². The number of ether oxygens (including phenoxy) is 3. The molecule has 0 saturated heterocycles. The van der Waals surface area contributed by atoms with Gasteiger partial charge in [0.15, 0.2) is 6.10 Å². The van der Waals surface area contributed by atoms with E-state index in [1.807, 2.05) is 0 Å². The minimum atomic E-state index is -0.757. The Morgan fingerprint density at radius 2 is 0.635 bits per heavy atom. The fraction of sp³-hybridized carbons (Fsp3) is 0.935. The maximum atomic E-state index is 12.7. The number of carbonyl (C=O) groups excluding carboxylic acids is 3. The molecule has 0 bridgehead atoms. The molecular formula is C46H88O6. The Kier molecular flexibility index (Phi) is 39.4. The molecule has 0 heterocycles. The van der Waals surface area contributed by atoms with Gasteiger partial charge in [0.1, 0.15) is 13.2 Å². The van der Waals surface area contributed by atoms with Crippen LogP contribution in [0.4, 0.5) is 0 Å². The van der Waals surface area contributed by atoms with Crippen LogP contribution in [0.3, 0.4) is 0 Å². The average Bonchev–Trinajstić information content (AvgIpc) is 3.12. The minimum Gasteiger partial charge on any atom is -0.462 e. The first kappa shape index (κ1) is 50.4. The molecule has 0 aliphatic carbocycles. The van der Waals surface area contributed by atoms with Gasteiger partial charge in [-0.05, 0) is 25.2 Å². The number of esters is 3. The van der Waals surface area contributed by atoms with E-state index in [0.717, 1.165) is 70.1 Å². The van der Waals surface area contributed by atoms with Crippen molar-refractivity contribution >= 4 is 17.9 Å². The van der Waals surface area contributed by atoms with Gasteiger partial charge in [0.25, 0.3) is 0 Å². The Bertz CT molecular complexity index is 781. The van der Waals surface area contributed by atoms with E-state index >= 15 is 0 Å². The molecule has 1 atom stereocenters. The molecule has 52 heavy (non-hydrogen) atoms. The molecule has 0 saturated carbocycles. The lowest BCUT2D eigenvalue weighted by molar-refractivity contribution is -0.167. The van der Waals surface area contributed by atoms with Gasteiger partial charge in [0, 0.05) is 19.3 Å². The number of rotatable bonds is 41. The molecule has 0 aliphatic heterocycles. The van der Waals surface area contributed by atoms with E-state index in [9.17, 15) is 14.4 Å². The lowest BCUT2D eigenvalue weighted by Gasteiger charge is -2.18. The van der Waals surface area contributed by atoms with E-state index in [4.69, 9.17) is 14.2 Å². The maximum Gasteiger partial charge on any atom is 0.306 e. The standard InChI is InChI=1S/C46H88O6/c1-5-7-9-11-12-13-14-20-23-26-30-34-38-45(48)51-41-43(40-50-44(47)37-33-28-10-8-6-2)52-46(49)39-35-31-27-24-21-18-16-15-17-19-22-25-29-32-36-42(3)4/h42-43H,5-41H2,1-4H3/t43-/m1/s1. The van der Waals surface area contributed by atoms with E-state index in [1.54, 1.807) is 0 Å². The number of unbranched alkanes of at least 4 members (excludes halogenated alkanes) is 28. The van der Waals surface area contributed by atoms with Crippen LogP contribution in [0.2, 0.25) is 0 Å². The van der Waals surface area contributed by atoms with Gasteiger partial charge in [0.05, 0.1) is 0 Å². The molecule has 0 aromatic heterocycles. The zero-order valence-electron chi connectivity index (χ0n) is 35.3. The van der Waals surface area contributed by atoms with Crippen molar-refractivity contribution in [1.29, 1.82) is 0 Å². The molecule has 6 nitrogen and oxygen atoms in total. The highest BCUT2D eigenvalue weighted by Gasteiger charge is 2.19. The monoisotopic (exact) mass is 737 g/mol. The van der Waals surface area contributed by atoms with Gasteiger partial charge in [-0.1, -0.05) is 214 Å². The molecule has 0 aromatic carbocycles. The number of hydrogen-bond donors (Lipinski definition) is 0. The van der Waals surface area contributed by atoms with Gasteiger partial charge in [-0.15, -0.1) is 0 Å². The SMILES string of the molecule is CCCCCCCCCCCCCCC(=O)OC[C@@H](COC(=O)CCCCCCC)OC(=O)CCCCCCCCCCCCCCCCC(C)C. The average molecular weight is 737 g/mol. The minimum absolute atomic E-state index is 0.0646. The molecular weight excluding hydrogens is 648 g/mol. The van der Waals surface area contributed by atoms with Crippen LogP contribution in [0, 0.1) is 5.92 Å². The van der Waals surface area contributed by atoms with Crippen LogP contribution in [-0.4, -0.2) is 37.2 Å². The van der Waals surface area contributed by atoms with Crippen LogP contribution in [0.15, 0.2) is 0 Å². The Labute approximate surface area is 323 Å². The molecule has 0 rings (SSSR count). The summed E-state index contributed by atoms with van der Waals surface area (Å²) in [5, 5.41) is 0. The van der Waals surface area contributed by atoms with E-state index in [0.29, 0.717) is 19.3 Å². The summed E-state index contributed by atoms with van der Waals surface area (Å²) in [4.78, 5) is 37.4. The lowest BCUT2D eigenvalue weighted by atomic mass is 10.0. The van der Waals surface area contributed by atoms with Crippen molar-refractivity contribution < 1.29 is 28.6 Å². The summed E-state index contributed by atoms with van der Waals surface area (Å²) >= 11 is 0. The first-order valence-corrected chi connectivity index (χ1v) is 22.9. The Morgan fingerprint density at radius 1 is 0.365 bits per heavy atom. The highest BCUT2D eigenvalue weighted by Crippen LogP contribution is 2.16. The second-order valence-corrected chi connectivity index (χ2v) is 16.2. The molecule has 0 N–H and O–H groups in total.